The molecule has 2 aliphatic heterocycles. The molecule has 8 heteroatoms. The molecule has 0 saturated carbocycles. The van der Waals surface area contributed by atoms with Crippen LogP contribution in [0.2, 0.25) is 0 Å². The van der Waals surface area contributed by atoms with Crippen molar-refractivity contribution in [2.75, 3.05) is 37.7 Å². The molecule has 0 N–H and O–H groups in total. The van der Waals surface area contributed by atoms with E-state index in [4.69, 9.17) is 14.2 Å². The van der Waals surface area contributed by atoms with E-state index in [1.165, 1.54) is 12.1 Å². The molecule has 0 bridgehead atoms. The van der Waals surface area contributed by atoms with Crippen LogP contribution < -0.4 is 9.64 Å². The Hall–Kier alpha value is -2.87. The van der Waals surface area contributed by atoms with E-state index in [9.17, 15) is 9.18 Å². The van der Waals surface area contributed by atoms with Gasteiger partial charge in [-0.1, -0.05) is 12.1 Å². The number of carbonyl (C=O) groups excluding carboxylic acids is 1. The van der Waals surface area contributed by atoms with Gasteiger partial charge >= 0.3 is 6.09 Å². The highest BCUT2D eigenvalue weighted by Gasteiger charge is 2.42. The van der Waals surface area contributed by atoms with Crippen molar-refractivity contribution >= 4 is 11.9 Å². The second-order valence-electron chi connectivity index (χ2n) is 9.31. The average Bonchev–Trinajstić information content (AvgIpc) is 2.73. The zero-order valence-corrected chi connectivity index (χ0v) is 18.8. The first-order chi connectivity index (χ1) is 15.2. The molecule has 7 nitrogen and oxygen atoms in total. The number of nitrogens with zero attached hydrogens (tertiary/aromatic N) is 3. The van der Waals surface area contributed by atoms with Crippen molar-refractivity contribution in [1.82, 2.24) is 9.88 Å². The summed E-state index contributed by atoms with van der Waals surface area (Å²) in [4.78, 5) is 21.1. The van der Waals surface area contributed by atoms with Crippen LogP contribution in [0.25, 0.3) is 0 Å². The number of aromatic nitrogens is 1. The highest BCUT2D eigenvalue weighted by molar-refractivity contribution is 5.68. The summed E-state index contributed by atoms with van der Waals surface area (Å²) in [5, 5.41) is 0. The molecule has 2 aliphatic rings. The number of rotatable bonds is 3. The summed E-state index contributed by atoms with van der Waals surface area (Å²) in [6.45, 7) is 8.70. The first kappa shape index (κ1) is 22.3. The van der Waals surface area contributed by atoms with Gasteiger partial charge in [0.25, 0.3) is 0 Å². The van der Waals surface area contributed by atoms with Gasteiger partial charge in [-0.3, -0.25) is 0 Å². The van der Waals surface area contributed by atoms with Crippen LogP contribution in [0.1, 0.15) is 33.6 Å². The first-order valence-corrected chi connectivity index (χ1v) is 11.0. The van der Waals surface area contributed by atoms with E-state index in [2.05, 4.69) is 9.88 Å². The van der Waals surface area contributed by atoms with Crippen LogP contribution in [-0.4, -0.2) is 60.0 Å². The number of carbonyl (C=O) groups is 1. The molecule has 0 atom stereocenters. The number of morpholine rings is 1. The first-order valence-electron chi connectivity index (χ1n) is 11.0. The maximum atomic E-state index is 13.4. The van der Waals surface area contributed by atoms with Gasteiger partial charge in [0, 0.05) is 31.8 Å². The number of hydrogen-bond donors (Lipinski definition) is 0. The number of pyridine rings is 1. The van der Waals surface area contributed by atoms with Gasteiger partial charge in [-0.25, -0.2) is 9.18 Å². The second-order valence-corrected chi connectivity index (χ2v) is 9.31. The van der Waals surface area contributed by atoms with Crippen LogP contribution in [-0.2, 0) is 9.47 Å². The number of hydrogen-bond acceptors (Lipinski definition) is 6. The monoisotopic (exact) mass is 443 g/mol. The lowest BCUT2D eigenvalue weighted by Crippen LogP contribution is -2.58. The number of benzene rings is 1. The third-order valence-electron chi connectivity index (χ3n) is 5.63. The van der Waals surface area contributed by atoms with Crippen molar-refractivity contribution in [2.24, 2.45) is 0 Å². The number of piperidine rings is 1. The van der Waals surface area contributed by atoms with Crippen LogP contribution in [0.3, 0.4) is 0 Å². The third kappa shape index (κ3) is 5.48. The Morgan fingerprint density at radius 1 is 1.12 bits per heavy atom. The quantitative estimate of drug-likeness (QED) is 0.690. The van der Waals surface area contributed by atoms with Gasteiger partial charge in [-0.15, -0.1) is 0 Å². The number of halogens is 1. The van der Waals surface area contributed by atoms with Crippen LogP contribution in [0, 0.1) is 5.82 Å². The lowest BCUT2D eigenvalue weighted by Gasteiger charge is -2.47. The summed E-state index contributed by atoms with van der Waals surface area (Å²) >= 11 is 0. The molecule has 1 amide bonds. The zero-order chi connectivity index (χ0) is 22.8. The Balaban J connectivity index is 1.37. The molecule has 0 unspecified atom stereocenters. The van der Waals surface area contributed by atoms with Gasteiger partial charge in [0.1, 0.15) is 23.0 Å². The maximum absolute atomic E-state index is 13.4. The van der Waals surface area contributed by atoms with E-state index < -0.39 is 5.60 Å². The molecule has 1 spiro atoms. The lowest BCUT2D eigenvalue weighted by atomic mass is 9.89. The summed E-state index contributed by atoms with van der Waals surface area (Å²) in [6, 6.07) is 11.6. The van der Waals surface area contributed by atoms with Crippen LogP contribution in [0.15, 0.2) is 42.5 Å². The van der Waals surface area contributed by atoms with E-state index in [-0.39, 0.29) is 17.5 Å². The molecule has 2 saturated heterocycles. The van der Waals surface area contributed by atoms with E-state index in [1.54, 1.807) is 23.1 Å². The van der Waals surface area contributed by atoms with Gasteiger partial charge in [0.15, 0.2) is 0 Å². The Morgan fingerprint density at radius 2 is 1.88 bits per heavy atom. The highest BCUT2D eigenvalue weighted by Crippen LogP contribution is 2.33. The SMILES string of the molecule is CC(C)(C)OC(=O)N1CCOC2(CCN(c3cccc(Oc4cccc(F)c4)n3)CC2)C1. The van der Waals surface area contributed by atoms with Gasteiger partial charge in [-0.2, -0.15) is 4.98 Å². The zero-order valence-electron chi connectivity index (χ0n) is 18.8. The summed E-state index contributed by atoms with van der Waals surface area (Å²) in [5.41, 5.74) is -0.877. The second kappa shape index (κ2) is 8.94. The Bertz CT molecular complexity index is 954. The van der Waals surface area contributed by atoms with Crippen molar-refractivity contribution < 1.29 is 23.4 Å². The molecule has 172 valence electrons. The van der Waals surface area contributed by atoms with Gasteiger partial charge in [0.2, 0.25) is 5.88 Å². The Kier molecular flexibility index (Phi) is 6.24. The van der Waals surface area contributed by atoms with Crippen LogP contribution >= 0.6 is 0 Å². The van der Waals surface area contributed by atoms with Gasteiger partial charge < -0.3 is 24.0 Å². The highest BCUT2D eigenvalue weighted by atomic mass is 19.1. The van der Waals surface area contributed by atoms with Crippen LogP contribution in [0.4, 0.5) is 15.0 Å². The lowest BCUT2D eigenvalue weighted by molar-refractivity contribution is -0.119. The fourth-order valence-corrected chi connectivity index (χ4v) is 4.06. The van der Waals surface area contributed by atoms with Crippen molar-refractivity contribution in [3.05, 3.63) is 48.3 Å². The molecule has 32 heavy (non-hydrogen) atoms. The number of amides is 1. The summed E-state index contributed by atoms with van der Waals surface area (Å²) < 4.78 is 30.8. The number of ether oxygens (including phenoxy) is 3. The summed E-state index contributed by atoms with van der Waals surface area (Å²) in [6.07, 6.45) is 1.28. The largest absolute Gasteiger partial charge is 0.444 e. The molecule has 4 rings (SSSR count). The molecule has 2 fully saturated rings. The van der Waals surface area contributed by atoms with Gasteiger partial charge in [-0.05, 0) is 51.8 Å². The van der Waals surface area contributed by atoms with Crippen LogP contribution in [0.5, 0.6) is 11.6 Å². The molecule has 1 aromatic carbocycles. The normalized spacial score (nSPS) is 18.5. The molecular weight excluding hydrogens is 413 g/mol. The fourth-order valence-electron chi connectivity index (χ4n) is 4.06. The molecule has 3 heterocycles. The van der Waals surface area contributed by atoms with Gasteiger partial charge in [0.05, 0.1) is 18.8 Å². The predicted octanol–water partition coefficient (Wildman–Crippen LogP) is 4.62. The molecule has 2 aromatic rings. The third-order valence-corrected chi connectivity index (χ3v) is 5.63. The van der Waals surface area contributed by atoms with Crippen molar-refractivity contribution in [3.63, 3.8) is 0 Å². The van der Waals surface area contributed by atoms with E-state index in [0.717, 1.165) is 31.7 Å². The smallest absolute Gasteiger partial charge is 0.410 e. The predicted molar refractivity (Wildman–Crippen MR) is 119 cm³/mol. The van der Waals surface area contributed by atoms with E-state index >= 15 is 0 Å². The topological polar surface area (TPSA) is 64.1 Å². The minimum absolute atomic E-state index is 0.286. The minimum atomic E-state index is -0.518. The van der Waals surface area contributed by atoms with E-state index in [0.29, 0.717) is 31.3 Å². The average molecular weight is 444 g/mol. The van der Waals surface area contributed by atoms with E-state index in [1.807, 2.05) is 32.9 Å². The molecular formula is C24H30FN3O4. The molecule has 1 aromatic heterocycles. The van der Waals surface area contributed by atoms with Crippen molar-refractivity contribution in [1.29, 1.82) is 0 Å². The Labute approximate surface area is 188 Å². The number of anilines is 1. The molecule has 0 radical (unpaired) electrons. The Morgan fingerprint density at radius 3 is 2.59 bits per heavy atom. The standard InChI is InChI=1S/C24H30FN3O4/c1-23(2,3)32-22(29)28-14-15-30-24(17-28)10-12-27(13-11-24)20-8-5-9-21(26-20)31-19-7-4-6-18(25)16-19/h4-9,16H,10-15,17H2,1-3H3. The summed E-state index contributed by atoms with van der Waals surface area (Å²) in [7, 11) is 0. The fraction of sp³-hybridized carbons (Fsp3) is 0.500. The minimum Gasteiger partial charge on any atom is -0.444 e. The maximum Gasteiger partial charge on any atom is 0.410 e. The summed E-state index contributed by atoms with van der Waals surface area (Å²) in [5.74, 6) is 1.27. The molecule has 0 aliphatic carbocycles. The van der Waals surface area contributed by atoms with Crippen molar-refractivity contribution in [3.8, 4) is 11.6 Å². The van der Waals surface area contributed by atoms with Crippen molar-refractivity contribution in [2.45, 2.75) is 44.8 Å².